The van der Waals surface area contributed by atoms with E-state index in [1.807, 2.05) is 36.8 Å². The molecule has 4 nitrogen and oxygen atoms in total. The number of benzene rings is 1. The predicted molar refractivity (Wildman–Crippen MR) is 72.1 cm³/mol. The van der Waals surface area contributed by atoms with E-state index in [9.17, 15) is 0 Å². The minimum absolute atomic E-state index is 0.628. The largest absolute Gasteiger partial charge is 0.494 e. The minimum atomic E-state index is 0.628. The van der Waals surface area contributed by atoms with Crippen molar-refractivity contribution in [2.24, 2.45) is 5.73 Å². The lowest BCUT2D eigenvalue weighted by atomic mass is 10.2. The molecule has 0 radical (unpaired) electrons. The van der Waals surface area contributed by atoms with Crippen LogP contribution in [0.3, 0.4) is 0 Å². The molecule has 0 atom stereocenters. The predicted octanol–water partition coefficient (Wildman–Crippen LogP) is 2.16. The van der Waals surface area contributed by atoms with Gasteiger partial charge in [-0.2, -0.15) is 0 Å². The van der Waals surface area contributed by atoms with E-state index in [1.165, 1.54) is 0 Å². The molecule has 0 amide bonds. The third-order valence-electron chi connectivity index (χ3n) is 2.70. The van der Waals surface area contributed by atoms with Gasteiger partial charge in [0, 0.05) is 24.0 Å². The Morgan fingerprint density at radius 1 is 1.28 bits per heavy atom. The first-order valence-corrected chi connectivity index (χ1v) is 6.29. The normalized spacial score (nSPS) is 10.6. The molecule has 0 aliphatic heterocycles. The van der Waals surface area contributed by atoms with Crippen LogP contribution in [0.25, 0.3) is 5.69 Å². The molecular formula is C14H19N3O. The maximum Gasteiger partial charge on any atom is 0.119 e. The van der Waals surface area contributed by atoms with Gasteiger partial charge in [0.15, 0.2) is 0 Å². The van der Waals surface area contributed by atoms with E-state index < -0.39 is 0 Å². The zero-order chi connectivity index (χ0) is 12.8. The van der Waals surface area contributed by atoms with Crippen molar-refractivity contribution in [3.8, 4) is 11.4 Å². The summed E-state index contributed by atoms with van der Waals surface area (Å²) in [6.45, 7) is 3.48. The molecule has 0 fully saturated rings. The first kappa shape index (κ1) is 12.6. The number of aromatic nitrogens is 2. The van der Waals surface area contributed by atoms with Crippen molar-refractivity contribution in [1.82, 2.24) is 9.55 Å². The molecule has 1 aromatic heterocycles. The van der Waals surface area contributed by atoms with Gasteiger partial charge in [-0.1, -0.05) is 6.92 Å². The van der Waals surface area contributed by atoms with E-state index >= 15 is 0 Å². The van der Waals surface area contributed by atoms with Crippen LogP contribution in [0.4, 0.5) is 0 Å². The summed E-state index contributed by atoms with van der Waals surface area (Å²) in [7, 11) is 0. The zero-order valence-electron chi connectivity index (χ0n) is 10.7. The number of hydrogen-bond acceptors (Lipinski definition) is 3. The Labute approximate surface area is 107 Å². The summed E-state index contributed by atoms with van der Waals surface area (Å²) in [5.41, 5.74) is 7.79. The van der Waals surface area contributed by atoms with E-state index in [-0.39, 0.29) is 0 Å². The number of hydrogen-bond donors (Lipinski definition) is 1. The number of ether oxygens (including phenoxy) is 1. The van der Waals surface area contributed by atoms with Gasteiger partial charge in [0.2, 0.25) is 0 Å². The first-order chi connectivity index (χ1) is 8.85. The molecule has 2 N–H and O–H groups in total. The van der Waals surface area contributed by atoms with Crippen molar-refractivity contribution >= 4 is 0 Å². The van der Waals surface area contributed by atoms with Gasteiger partial charge >= 0.3 is 0 Å². The Kier molecular flexibility index (Phi) is 4.36. The maximum atomic E-state index is 5.58. The van der Waals surface area contributed by atoms with E-state index in [1.54, 1.807) is 0 Å². The van der Waals surface area contributed by atoms with Crippen molar-refractivity contribution in [2.75, 3.05) is 13.2 Å². The van der Waals surface area contributed by atoms with Crippen LogP contribution >= 0.6 is 0 Å². The highest BCUT2D eigenvalue weighted by molar-refractivity contribution is 5.38. The fourth-order valence-electron chi connectivity index (χ4n) is 1.81. The molecule has 0 bridgehead atoms. The lowest BCUT2D eigenvalue weighted by molar-refractivity contribution is 0.317. The van der Waals surface area contributed by atoms with Gasteiger partial charge in [-0.25, -0.2) is 4.98 Å². The highest BCUT2D eigenvalue weighted by atomic mass is 16.5. The Balaban J connectivity index is 2.15. The van der Waals surface area contributed by atoms with Gasteiger partial charge in [-0.3, -0.25) is 0 Å². The van der Waals surface area contributed by atoms with E-state index in [2.05, 4.69) is 16.5 Å². The third kappa shape index (κ3) is 2.90. The summed E-state index contributed by atoms with van der Waals surface area (Å²) in [4.78, 5) is 4.17. The quantitative estimate of drug-likeness (QED) is 0.848. The second kappa shape index (κ2) is 6.21. The first-order valence-electron chi connectivity index (χ1n) is 6.29. The molecule has 0 saturated heterocycles. The fourth-order valence-corrected chi connectivity index (χ4v) is 1.81. The Bertz CT molecular complexity index is 476. The van der Waals surface area contributed by atoms with Crippen LogP contribution in [0.1, 0.15) is 19.0 Å². The summed E-state index contributed by atoms with van der Waals surface area (Å²) >= 11 is 0. The van der Waals surface area contributed by atoms with Crippen LogP contribution in [-0.4, -0.2) is 22.7 Å². The molecule has 0 unspecified atom stereocenters. The standard InChI is InChI=1S/C14H19N3O/c1-2-9-18-14-5-3-12(4-6-14)17-11-16-10-13(17)7-8-15/h3-6,10-11H,2,7-9,15H2,1H3. The van der Waals surface area contributed by atoms with E-state index in [0.717, 1.165) is 36.6 Å². The van der Waals surface area contributed by atoms with Gasteiger partial charge in [-0.15, -0.1) is 0 Å². The topological polar surface area (TPSA) is 53.1 Å². The molecule has 4 heteroatoms. The van der Waals surface area contributed by atoms with Crippen molar-refractivity contribution in [3.05, 3.63) is 42.5 Å². The van der Waals surface area contributed by atoms with Crippen molar-refractivity contribution in [3.63, 3.8) is 0 Å². The van der Waals surface area contributed by atoms with E-state index in [4.69, 9.17) is 10.5 Å². The maximum absolute atomic E-state index is 5.58. The monoisotopic (exact) mass is 245 g/mol. The third-order valence-corrected chi connectivity index (χ3v) is 2.70. The second-order valence-electron chi connectivity index (χ2n) is 4.14. The van der Waals surface area contributed by atoms with Crippen molar-refractivity contribution in [1.29, 1.82) is 0 Å². The highest BCUT2D eigenvalue weighted by Crippen LogP contribution is 2.17. The number of imidazole rings is 1. The lowest BCUT2D eigenvalue weighted by Crippen LogP contribution is -2.07. The molecule has 2 aromatic rings. The van der Waals surface area contributed by atoms with Gasteiger partial charge in [0.05, 0.1) is 12.9 Å². The Morgan fingerprint density at radius 2 is 2.06 bits per heavy atom. The molecule has 0 aliphatic carbocycles. The van der Waals surface area contributed by atoms with Gasteiger partial charge in [0.1, 0.15) is 5.75 Å². The fraction of sp³-hybridized carbons (Fsp3) is 0.357. The van der Waals surface area contributed by atoms with Crippen LogP contribution in [0.5, 0.6) is 5.75 Å². The van der Waals surface area contributed by atoms with Gasteiger partial charge in [0.25, 0.3) is 0 Å². The molecule has 0 aliphatic rings. The Hall–Kier alpha value is -1.81. The van der Waals surface area contributed by atoms with Gasteiger partial charge < -0.3 is 15.0 Å². The molecular weight excluding hydrogens is 226 g/mol. The lowest BCUT2D eigenvalue weighted by Gasteiger charge is -2.09. The van der Waals surface area contributed by atoms with Gasteiger partial charge in [-0.05, 0) is 37.2 Å². The average molecular weight is 245 g/mol. The molecule has 2 rings (SSSR count). The number of nitrogens with two attached hydrogens (primary N) is 1. The minimum Gasteiger partial charge on any atom is -0.494 e. The second-order valence-corrected chi connectivity index (χ2v) is 4.14. The molecule has 18 heavy (non-hydrogen) atoms. The number of rotatable bonds is 6. The van der Waals surface area contributed by atoms with Crippen LogP contribution in [0.15, 0.2) is 36.8 Å². The zero-order valence-corrected chi connectivity index (χ0v) is 10.7. The smallest absolute Gasteiger partial charge is 0.119 e. The summed E-state index contributed by atoms with van der Waals surface area (Å²) in [6, 6.07) is 8.04. The van der Waals surface area contributed by atoms with Crippen molar-refractivity contribution < 1.29 is 4.74 Å². The molecule has 96 valence electrons. The van der Waals surface area contributed by atoms with Crippen LogP contribution < -0.4 is 10.5 Å². The molecule has 0 spiro atoms. The molecule has 0 saturated carbocycles. The van der Waals surface area contributed by atoms with Crippen molar-refractivity contribution in [2.45, 2.75) is 19.8 Å². The summed E-state index contributed by atoms with van der Waals surface area (Å²) in [6.07, 6.45) is 5.51. The molecule has 1 aromatic carbocycles. The number of nitrogens with zero attached hydrogens (tertiary/aromatic N) is 2. The Morgan fingerprint density at radius 3 is 2.72 bits per heavy atom. The highest BCUT2D eigenvalue weighted by Gasteiger charge is 2.03. The van der Waals surface area contributed by atoms with Crippen LogP contribution in [-0.2, 0) is 6.42 Å². The SMILES string of the molecule is CCCOc1ccc(-n2cncc2CCN)cc1. The molecule has 1 heterocycles. The van der Waals surface area contributed by atoms with E-state index in [0.29, 0.717) is 6.54 Å². The van der Waals surface area contributed by atoms with Crippen LogP contribution in [0, 0.1) is 0 Å². The van der Waals surface area contributed by atoms with Crippen LogP contribution in [0.2, 0.25) is 0 Å². The average Bonchev–Trinajstić information content (AvgIpc) is 2.86. The summed E-state index contributed by atoms with van der Waals surface area (Å²) in [5, 5.41) is 0. The summed E-state index contributed by atoms with van der Waals surface area (Å²) in [5.74, 6) is 0.904. The summed E-state index contributed by atoms with van der Waals surface area (Å²) < 4.78 is 7.61.